The summed E-state index contributed by atoms with van der Waals surface area (Å²) in [6.07, 6.45) is 6.05. The molecule has 0 aliphatic carbocycles. The number of benzene rings is 1. The average molecular weight is 398 g/mol. The van der Waals surface area contributed by atoms with E-state index in [1.807, 2.05) is 12.2 Å². The number of halogens is 2. The molecule has 0 amide bonds. The number of hydrogen-bond acceptors (Lipinski definition) is 7. The smallest absolute Gasteiger partial charge is 0.252 e. The predicted molar refractivity (Wildman–Crippen MR) is 97.8 cm³/mol. The Balaban J connectivity index is 1.32. The molecule has 0 radical (unpaired) electrons. The molecule has 1 fully saturated rings. The number of phenols is 1. The van der Waals surface area contributed by atoms with Crippen molar-refractivity contribution in [2.75, 3.05) is 0 Å². The summed E-state index contributed by atoms with van der Waals surface area (Å²) < 4.78 is 34.5. The second-order valence-electron chi connectivity index (χ2n) is 6.94. The Kier molecular flexibility index (Phi) is 4.20. The number of phenolic OH excluding ortho intramolecular Hbond substituents is 1. The Hall–Kier alpha value is -3.40. The second-order valence-corrected chi connectivity index (χ2v) is 6.94. The number of rotatable bonds is 4. The van der Waals surface area contributed by atoms with E-state index in [1.165, 1.54) is 23.1 Å². The molecular formula is C19H16F2N6O2. The molecular weight excluding hydrogens is 382 g/mol. The first-order valence-corrected chi connectivity index (χ1v) is 9.05. The van der Waals surface area contributed by atoms with Crippen molar-refractivity contribution in [3.63, 3.8) is 0 Å². The quantitative estimate of drug-likeness (QED) is 0.649. The molecule has 2 aliphatic rings. The summed E-state index contributed by atoms with van der Waals surface area (Å²) >= 11 is 0. The van der Waals surface area contributed by atoms with Gasteiger partial charge in [0, 0.05) is 18.5 Å². The molecule has 2 aromatic heterocycles. The largest absolute Gasteiger partial charge is 0.507 e. The van der Waals surface area contributed by atoms with Crippen molar-refractivity contribution in [1.29, 1.82) is 0 Å². The van der Waals surface area contributed by atoms with E-state index in [2.05, 4.69) is 25.6 Å². The third kappa shape index (κ3) is 3.31. The van der Waals surface area contributed by atoms with Crippen LogP contribution in [0, 0.1) is 5.82 Å². The van der Waals surface area contributed by atoms with Gasteiger partial charge in [-0.25, -0.2) is 18.4 Å². The van der Waals surface area contributed by atoms with Crippen LogP contribution in [0.1, 0.15) is 6.42 Å². The highest BCUT2D eigenvalue weighted by Crippen LogP contribution is 2.30. The van der Waals surface area contributed by atoms with Crippen LogP contribution >= 0.6 is 0 Å². The summed E-state index contributed by atoms with van der Waals surface area (Å²) in [5.41, 5.74) is 0.819. The lowest BCUT2D eigenvalue weighted by molar-refractivity contribution is 0.0472. The molecule has 3 aromatic rings. The van der Waals surface area contributed by atoms with E-state index >= 15 is 0 Å². The fourth-order valence-corrected chi connectivity index (χ4v) is 3.57. The maximum absolute atomic E-state index is 14.4. The van der Waals surface area contributed by atoms with Crippen LogP contribution < -0.4 is 10.1 Å². The zero-order valence-electron chi connectivity index (χ0n) is 15.0. The fourth-order valence-electron chi connectivity index (χ4n) is 3.57. The summed E-state index contributed by atoms with van der Waals surface area (Å²) in [5, 5.41) is 25.2. The van der Waals surface area contributed by atoms with Gasteiger partial charge >= 0.3 is 0 Å². The molecule has 1 aromatic carbocycles. The zero-order valence-corrected chi connectivity index (χ0v) is 15.0. The molecule has 0 saturated carbocycles. The zero-order chi connectivity index (χ0) is 20.0. The van der Waals surface area contributed by atoms with E-state index in [4.69, 9.17) is 4.74 Å². The Labute approximate surface area is 163 Å². The first-order chi connectivity index (χ1) is 14.1. The summed E-state index contributed by atoms with van der Waals surface area (Å²) in [5.74, 6) is -0.300. The lowest BCUT2D eigenvalue weighted by atomic mass is 9.99. The number of hydrogen-bond donors (Lipinski definition) is 2. The second kappa shape index (κ2) is 6.89. The minimum atomic E-state index is -1.19. The summed E-state index contributed by atoms with van der Waals surface area (Å²) in [7, 11) is 0. The number of aromatic hydroxyl groups is 1. The van der Waals surface area contributed by atoms with Crippen molar-refractivity contribution in [2.24, 2.45) is 0 Å². The summed E-state index contributed by atoms with van der Waals surface area (Å²) in [6.45, 7) is 0. The molecule has 8 nitrogen and oxygen atoms in total. The molecule has 2 N–H and O–H groups in total. The van der Waals surface area contributed by atoms with Crippen LogP contribution in [-0.2, 0) is 0 Å². The molecule has 4 atom stereocenters. The van der Waals surface area contributed by atoms with Crippen LogP contribution in [0.4, 0.5) is 8.78 Å². The van der Waals surface area contributed by atoms with Gasteiger partial charge in [0.15, 0.2) is 17.8 Å². The van der Waals surface area contributed by atoms with E-state index in [0.717, 1.165) is 6.20 Å². The van der Waals surface area contributed by atoms with Crippen LogP contribution in [0.25, 0.3) is 17.1 Å². The van der Waals surface area contributed by atoms with Crippen LogP contribution in [0.3, 0.4) is 0 Å². The van der Waals surface area contributed by atoms with E-state index in [1.54, 1.807) is 12.1 Å². The average Bonchev–Trinajstić information content (AvgIpc) is 3.33. The van der Waals surface area contributed by atoms with E-state index in [9.17, 15) is 13.9 Å². The first-order valence-electron chi connectivity index (χ1n) is 9.05. The van der Waals surface area contributed by atoms with E-state index < -0.39 is 18.1 Å². The Bertz CT molecular complexity index is 1070. The van der Waals surface area contributed by atoms with Gasteiger partial charge < -0.3 is 15.2 Å². The third-order valence-electron chi connectivity index (χ3n) is 4.99. The molecule has 10 heteroatoms. The SMILES string of the molecule is Oc1cc(-n2cc(F)cn2)ccc1-c1ncc(O[C@H]2CC3C=CC(N3)[C@H]2F)nn1. The number of piperidine rings is 1. The van der Waals surface area contributed by atoms with Gasteiger partial charge in [-0.2, -0.15) is 5.10 Å². The molecule has 148 valence electrons. The van der Waals surface area contributed by atoms with Crippen molar-refractivity contribution < 1.29 is 18.6 Å². The van der Waals surface area contributed by atoms with Gasteiger partial charge in [-0.1, -0.05) is 12.2 Å². The summed E-state index contributed by atoms with van der Waals surface area (Å²) in [6, 6.07) is 4.38. The molecule has 1 saturated heterocycles. The molecule has 0 spiro atoms. The highest BCUT2D eigenvalue weighted by Gasteiger charge is 2.40. The molecule has 5 rings (SSSR count). The Morgan fingerprint density at radius 3 is 2.83 bits per heavy atom. The first kappa shape index (κ1) is 17.7. The predicted octanol–water partition coefficient (Wildman–Crippen LogP) is 1.95. The normalized spacial score (nSPS) is 25.3. The minimum absolute atomic E-state index is 0.0934. The molecule has 2 bridgehead atoms. The van der Waals surface area contributed by atoms with Gasteiger partial charge in [0.05, 0.1) is 35.9 Å². The highest BCUT2D eigenvalue weighted by molar-refractivity contribution is 5.65. The van der Waals surface area contributed by atoms with Gasteiger partial charge in [-0.15, -0.1) is 10.2 Å². The number of ether oxygens (including phenoxy) is 1. The van der Waals surface area contributed by atoms with Gasteiger partial charge in [-0.3, -0.25) is 0 Å². The fraction of sp³-hybridized carbons (Fsp3) is 0.263. The lowest BCUT2D eigenvalue weighted by Gasteiger charge is -2.32. The number of nitrogens with zero attached hydrogens (tertiary/aromatic N) is 5. The molecule has 4 heterocycles. The third-order valence-corrected chi connectivity index (χ3v) is 4.99. The topological polar surface area (TPSA) is 98.0 Å². The molecule has 29 heavy (non-hydrogen) atoms. The number of fused-ring (bicyclic) bond motifs is 2. The number of alkyl halides is 1. The maximum atomic E-state index is 14.4. The van der Waals surface area contributed by atoms with Gasteiger partial charge in [0.2, 0.25) is 0 Å². The van der Waals surface area contributed by atoms with E-state index in [-0.39, 0.29) is 29.5 Å². The standard InChI is InChI=1S/C19H16F2N6O2/c20-10-7-23-27(9-10)12-2-3-13(15(28)6-12)19-22-8-17(25-26-19)29-16-5-11-1-4-14(24-11)18(16)21/h1-4,6-9,11,14,16,18,24,28H,5H2/t11?,14?,16-,18+/m0/s1. The number of nitrogens with one attached hydrogen (secondary N) is 1. The van der Waals surface area contributed by atoms with Crippen LogP contribution in [0.2, 0.25) is 0 Å². The van der Waals surface area contributed by atoms with Crippen molar-refractivity contribution in [3.05, 3.63) is 54.8 Å². The Morgan fingerprint density at radius 2 is 2.10 bits per heavy atom. The minimum Gasteiger partial charge on any atom is -0.507 e. The van der Waals surface area contributed by atoms with Crippen LogP contribution in [-0.4, -0.2) is 54.4 Å². The number of aromatic nitrogens is 5. The highest BCUT2D eigenvalue weighted by atomic mass is 19.1. The molecule has 2 aliphatic heterocycles. The van der Waals surface area contributed by atoms with Gasteiger partial charge in [0.1, 0.15) is 11.9 Å². The van der Waals surface area contributed by atoms with Crippen LogP contribution in [0.5, 0.6) is 11.6 Å². The van der Waals surface area contributed by atoms with E-state index in [0.29, 0.717) is 17.7 Å². The summed E-state index contributed by atoms with van der Waals surface area (Å²) in [4.78, 5) is 4.17. The van der Waals surface area contributed by atoms with Crippen molar-refractivity contribution in [1.82, 2.24) is 30.3 Å². The molecule has 2 unspecified atom stereocenters. The van der Waals surface area contributed by atoms with Crippen molar-refractivity contribution in [3.8, 4) is 28.7 Å². The Morgan fingerprint density at radius 1 is 1.21 bits per heavy atom. The van der Waals surface area contributed by atoms with Gasteiger partial charge in [0.25, 0.3) is 5.88 Å². The van der Waals surface area contributed by atoms with Crippen molar-refractivity contribution >= 4 is 0 Å². The van der Waals surface area contributed by atoms with Gasteiger partial charge in [-0.05, 0) is 12.1 Å². The van der Waals surface area contributed by atoms with Crippen LogP contribution in [0.15, 0.2) is 48.9 Å². The monoisotopic (exact) mass is 398 g/mol. The maximum Gasteiger partial charge on any atom is 0.252 e. The lowest BCUT2D eigenvalue weighted by Crippen LogP contribution is -2.52. The van der Waals surface area contributed by atoms with Crippen molar-refractivity contribution in [2.45, 2.75) is 30.8 Å².